The molecule has 1 saturated heterocycles. The second kappa shape index (κ2) is 7.74. The van der Waals surface area contributed by atoms with E-state index >= 15 is 0 Å². The lowest BCUT2D eigenvalue weighted by Gasteiger charge is -2.23. The fraction of sp³-hybridized carbons (Fsp3) is 0.389. The van der Waals surface area contributed by atoms with Gasteiger partial charge in [0.05, 0.1) is 6.61 Å². The SMILES string of the molecule is Cc1ccc(OCC2CCCNC2)c(Oc2c(F)cc(F)cc2F)n1. The number of halogens is 3. The van der Waals surface area contributed by atoms with Crippen molar-refractivity contribution in [2.75, 3.05) is 19.7 Å². The average Bonchev–Trinajstić information content (AvgIpc) is 2.58. The number of nitrogens with zero attached hydrogens (tertiary/aromatic N) is 1. The van der Waals surface area contributed by atoms with E-state index in [0.29, 0.717) is 36.1 Å². The number of pyridine rings is 1. The lowest BCUT2D eigenvalue weighted by Crippen LogP contribution is -2.33. The molecule has 0 radical (unpaired) electrons. The van der Waals surface area contributed by atoms with E-state index < -0.39 is 23.2 Å². The van der Waals surface area contributed by atoms with Crippen molar-refractivity contribution >= 4 is 0 Å². The number of aryl methyl sites for hydroxylation is 1. The molecule has 0 aliphatic carbocycles. The van der Waals surface area contributed by atoms with Gasteiger partial charge in [-0.3, -0.25) is 0 Å². The first-order valence-corrected chi connectivity index (χ1v) is 8.16. The van der Waals surface area contributed by atoms with Gasteiger partial charge in [-0.15, -0.1) is 0 Å². The van der Waals surface area contributed by atoms with Gasteiger partial charge >= 0.3 is 0 Å². The summed E-state index contributed by atoms with van der Waals surface area (Å²) < 4.78 is 51.7. The predicted molar refractivity (Wildman–Crippen MR) is 86.5 cm³/mol. The molecule has 1 fully saturated rings. The fourth-order valence-corrected chi connectivity index (χ4v) is 2.70. The van der Waals surface area contributed by atoms with Crippen LogP contribution < -0.4 is 14.8 Å². The number of nitrogens with one attached hydrogen (secondary N) is 1. The normalized spacial score (nSPS) is 17.4. The van der Waals surface area contributed by atoms with E-state index in [2.05, 4.69) is 10.3 Å². The topological polar surface area (TPSA) is 43.4 Å². The zero-order valence-corrected chi connectivity index (χ0v) is 13.8. The van der Waals surface area contributed by atoms with Crippen molar-refractivity contribution in [3.63, 3.8) is 0 Å². The molecule has 0 amide bonds. The van der Waals surface area contributed by atoms with Crippen LogP contribution in [0.2, 0.25) is 0 Å². The Morgan fingerprint density at radius 1 is 1.20 bits per heavy atom. The van der Waals surface area contributed by atoms with Gasteiger partial charge in [-0.2, -0.15) is 0 Å². The molecule has 0 saturated carbocycles. The van der Waals surface area contributed by atoms with Crippen LogP contribution in [0, 0.1) is 30.3 Å². The maximum absolute atomic E-state index is 13.8. The summed E-state index contributed by atoms with van der Waals surface area (Å²) in [6.45, 7) is 4.03. The Kier molecular flexibility index (Phi) is 5.43. The van der Waals surface area contributed by atoms with E-state index in [1.165, 1.54) is 0 Å². The van der Waals surface area contributed by atoms with Crippen LogP contribution in [-0.2, 0) is 0 Å². The molecular weight excluding hydrogens is 333 g/mol. The molecule has 0 spiro atoms. The summed E-state index contributed by atoms with van der Waals surface area (Å²) in [4.78, 5) is 4.15. The quantitative estimate of drug-likeness (QED) is 0.884. The molecule has 1 atom stereocenters. The van der Waals surface area contributed by atoms with Crippen LogP contribution in [-0.4, -0.2) is 24.7 Å². The zero-order chi connectivity index (χ0) is 17.8. The second-order valence-corrected chi connectivity index (χ2v) is 6.08. The number of hydrogen-bond acceptors (Lipinski definition) is 4. The molecule has 134 valence electrons. The molecule has 1 aliphatic rings. The molecule has 1 aromatic carbocycles. The standard InChI is InChI=1S/C18H19F3N2O2/c1-11-4-5-16(24-10-12-3-2-6-22-9-12)18(23-11)25-17-14(20)7-13(19)8-15(17)21/h4-5,7-8,12,22H,2-3,6,9-10H2,1H3. The van der Waals surface area contributed by atoms with Crippen LogP contribution in [0.5, 0.6) is 17.4 Å². The first kappa shape index (κ1) is 17.5. The minimum Gasteiger partial charge on any atom is -0.488 e. The van der Waals surface area contributed by atoms with Crippen LogP contribution in [0.15, 0.2) is 24.3 Å². The van der Waals surface area contributed by atoms with Crippen molar-refractivity contribution in [2.24, 2.45) is 5.92 Å². The van der Waals surface area contributed by atoms with Crippen LogP contribution in [0.3, 0.4) is 0 Å². The maximum atomic E-state index is 13.8. The number of piperidine rings is 1. The number of benzene rings is 1. The molecule has 25 heavy (non-hydrogen) atoms. The summed E-state index contributed by atoms with van der Waals surface area (Å²) in [5, 5.41) is 3.29. The summed E-state index contributed by atoms with van der Waals surface area (Å²) in [6.07, 6.45) is 2.12. The van der Waals surface area contributed by atoms with E-state index in [9.17, 15) is 13.2 Å². The smallest absolute Gasteiger partial charge is 0.262 e. The van der Waals surface area contributed by atoms with Crippen LogP contribution in [0.1, 0.15) is 18.5 Å². The lowest BCUT2D eigenvalue weighted by atomic mass is 10.0. The van der Waals surface area contributed by atoms with Gasteiger partial charge in [-0.25, -0.2) is 18.2 Å². The Morgan fingerprint density at radius 2 is 1.96 bits per heavy atom. The summed E-state index contributed by atoms with van der Waals surface area (Å²) in [7, 11) is 0. The maximum Gasteiger partial charge on any atom is 0.262 e. The largest absolute Gasteiger partial charge is 0.488 e. The molecular formula is C18H19F3N2O2. The van der Waals surface area contributed by atoms with Crippen molar-refractivity contribution in [1.82, 2.24) is 10.3 Å². The first-order valence-electron chi connectivity index (χ1n) is 8.16. The number of rotatable bonds is 5. The van der Waals surface area contributed by atoms with Crippen LogP contribution in [0.4, 0.5) is 13.2 Å². The minimum atomic E-state index is -1.14. The van der Waals surface area contributed by atoms with E-state index in [0.717, 1.165) is 25.9 Å². The van der Waals surface area contributed by atoms with Gasteiger partial charge in [-0.05, 0) is 38.4 Å². The molecule has 1 aliphatic heterocycles. The Labute approximate surface area is 144 Å². The molecule has 7 heteroatoms. The van der Waals surface area contributed by atoms with Gasteiger partial charge in [0.15, 0.2) is 17.4 Å². The Bertz CT molecular complexity index is 726. The third-order valence-electron chi connectivity index (χ3n) is 4.00. The third-order valence-corrected chi connectivity index (χ3v) is 4.00. The molecule has 2 heterocycles. The highest BCUT2D eigenvalue weighted by molar-refractivity contribution is 5.39. The molecule has 4 nitrogen and oxygen atoms in total. The number of hydrogen-bond donors (Lipinski definition) is 1. The van der Waals surface area contributed by atoms with Gasteiger partial charge < -0.3 is 14.8 Å². The van der Waals surface area contributed by atoms with Crippen molar-refractivity contribution < 1.29 is 22.6 Å². The Morgan fingerprint density at radius 3 is 2.64 bits per heavy atom. The Hall–Kier alpha value is -2.28. The minimum absolute atomic E-state index is 0.0480. The van der Waals surface area contributed by atoms with Crippen molar-refractivity contribution in [3.05, 3.63) is 47.4 Å². The lowest BCUT2D eigenvalue weighted by molar-refractivity contribution is 0.210. The van der Waals surface area contributed by atoms with Crippen molar-refractivity contribution in [3.8, 4) is 17.4 Å². The highest BCUT2D eigenvalue weighted by Crippen LogP contribution is 2.33. The summed E-state index contributed by atoms with van der Waals surface area (Å²) in [6, 6.07) is 4.48. The summed E-state index contributed by atoms with van der Waals surface area (Å²) in [5.74, 6) is -3.40. The zero-order valence-electron chi connectivity index (χ0n) is 13.8. The molecule has 0 bridgehead atoms. The van der Waals surface area contributed by atoms with Crippen LogP contribution in [0.25, 0.3) is 0 Å². The second-order valence-electron chi connectivity index (χ2n) is 6.08. The van der Waals surface area contributed by atoms with E-state index in [1.54, 1.807) is 19.1 Å². The van der Waals surface area contributed by atoms with Gasteiger partial charge in [0.25, 0.3) is 5.88 Å². The first-order chi connectivity index (χ1) is 12.0. The van der Waals surface area contributed by atoms with E-state index in [4.69, 9.17) is 9.47 Å². The molecule has 1 N–H and O–H groups in total. The van der Waals surface area contributed by atoms with E-state index in [1.807, 2.05) is 0 Å². The van der Waals surface area contributed by atoms with Gasteiger partial charge in [0, 0.05) is 30.3 Å². The predicted octanol–water partition coefficient (Wildman–Crippen LogP) is 3.98. The third kappa shape index (κ3) is 4.42. The summed E-state index contributed by atoms with van der Waals surface area (Å²) in [5.41, 5.74) is 0.601. The average molecular weight is 352 g/mol. The monoisotopic (exact) mass is 352 g/mol. The number of ether oxygens (including phenoxy) is 2. The van der Waals surface area contributed by atoms with Gasteiger partial charge in [0.1, 0.15) is 5.82 Å². The van der Waals surface area contributed by atoms with Crippen molar-refractivity contribution in [1.29, 1.82) is 0 Å². The van der Waals surface area contributed by atoms with Crippen molar-refractivity contribution in [2.45, 2.75) is 19.8 Å². The molecule has 3 rings (SSSR count). The number of aromatic nitrogens is 1. The van der Waals surface area contributed by atoms with Crippen LogP contribution >= 0.6 is 0 Å². The van der Waals surface area contributed by atoms with Gasteiger partial charge in [0.2, 0.25) is 5.75 Å². The van der Waals surface area contributed by atoms with E-state index in [-0.39, 0.29) is 5.88 Å². The molecule has 1 aromatic heterocycles. The Balaban J connectivity index is 1.79. The highest BCUT2D eigenvalue weighted by atomic mass is 19.1. The molecule has 1 unspecified atom stereocenters. The molecule has 2 aromatic rings. The summed E-state index contributed by atoms with van der Waals surface area (Å²) >= 11 is 0. The highest BCUT2D eigenvalue weighted by Gasteiger charge is 2.19. The van der Waals surface area contributed by atoms with Gasteiger partial charge in [-0.1, -0.05) is 0 Å². The fourth-order valence-electron chi connectivity index (χ4n) is 2.70.